The molecule has 3 aliphatic heterocycles. The number of carbonyl (C=O) groups is 3. The highest BCUT2D eigenvalue weighted by atomic mass is 16.5. The molecule has 1 aromatic carbocycles. The lowest BCUT2D eigenvalue weighted by Gasteiger charge is -2.34. The summed E-state index contributed by atoms with van der Waals surface area (Å²) in [6.45, 7) is 6.72. The van der Waals surface area contributed by atoms with Crippen LogP contribution >= 0.6 is 0 Å². The van der Waals surface area contributed by atoms with Gasteiger partial charge in [0.05, 0.1) is 24.5 Å². The van der Waals surface area contributed by atoms with E-state index in [1.807, 2.05) is 20.8 Å². The van der Waals surface area contributed by atoms with Crippen molar-refractivity contribution in [3.63, 3.8) is 0 Å². The van der Waals surface area contributed by atoms with Gasteiger partial charge in [0.15, 0.2) is 0 Å². The summed E-state index contributed by atoms with van der Waals surface area (Å²) in [5.41, 5.74) is -0.367. The average Bonchev–Trinajstić information content (AvgIpc) is 3.45. The Morgan fingerprint density at radius 2 is 1.94 bits per heavy atom. The van der Waals surface area contributed by atoms with Gasteiger partial charge in [-0.1, -0.05) is 0 Å². The van der Waals surface area contributed by atoms with Crippen molar-refractivity contribution in [1.29, 1.82) is 0 Å². The third-order valence-corrected chi connectivity index (χ3v) is 7.27. The number of hydrogen-bond acceptors (Lipinski definition) is 6. The number of aliphatic hydroxyl groups excluding tert-OH is 1. The molecule has 0 aliphatic carbocycles. The minimum Gasteiger partial charge on any atom is -0.494 e. The Labute approximate surface area is 206 Å². The average molecular weight is 488 g/mol. The molecule has 2 unspecified atom stereocenters. The minimum absolute atomic E-state index is 0.0818. The first-order valence-electron chi connectivity index (χ1n) is 12.8. The summed E-state index contributed by atoms with van der Waals surface area (Å²) in [5.74, 6) is -1.30. The molecule has 9 heteroatoms. The summed E-state index contributed by atoms with van der Waals surface area (Å²) in [7, 11) is 0. The van der Waals surface area contributed by atoms with Crippen LogP contribution in [0.4, 0.5) is 5.69 Å². The molecule has 3 amide bonds. The molecule has 3 aliphatic rings. The van der Waals surface area contributed by atoms with E-state index in [-0.39, 0.29) is 30.4 Å². The minimum atomic E-state index is -0.988. The zero-order chi connectivity index (χ0) is 25.2. The third-order valence-electron chi connectivity index (χ3n) is 7.27. The van der Waals surface area contributed by atoms with Crippen LogP contribution in [0, 0.1) is 11.8 Å². The van der Waals surface area contributed by atoms with Crippen molar-refractivity contribution in [3.05, 3.63) is 24.3 Å². The molecule has 1 spiro atoms. The number of carbonyl (C=O) groups excluding carboxylic acids is 3. The Balaban J connectivity index is 1.57. The SMILES string of the molecule is CCOc1ccc(NC(=O)[C@@H]2[C@@H]3CCC4(O3)C(C(=O)NC(C)C)N(CCCCCO)C(=O)[C@H]24)cc1. The molecule has 1 aromatic rings. The van der Waals surface area contributed by atoms with Crippen LogP contribution in [-0.2, 0) is 19.1 Å². The zero-order valence-electron chi connectivity index (χ0n) is 20.8. The van der Waals surface area contributed by atoms with Crippen molar-refractivity contribution < 1.29 is 29.0 Å². The lowest BCUT2D eigenvalue weighted by atomic mass is 9.70. The van der Waals surface area contributed by atoms with Gasteiger partial charge in [-0.15, -0.1) is 0 Å². The Morgan fingerprint density at radius 1 is 1.20 bits per heavy atom. The summed E-state index contributed by atoms with van der Waals surface area (Å²) >= 11 is 0. The molecule has 3 saturated heterocycles. The number of amides is 3. The van der Waals surface area contributed by atoms with Gasteiger partial charge in [-0.25, -0.2) is 0 Å². The number of likely N-dealkylation sites (tertiary alicyclic amines) is 1. The smallest absolute Gasteiger partial charge is 0.246 e. The molecule has 3 heterocycles. The maximum atomic E-state index is 13.7. The molecule has 4 rings (SSSR count). The number of nitrogens with zero attached hydrogens (tertiary/aromatic N) is 1. The molecule has 0 aromatic heterocycles. The summed E-state index contributed by atoms with van der Waals surface area (Å²) in [6, 6.07) is 6.29. The molecule has 3 fully saturated rings. The number of fused-ring (bicyclic) bond motifs is 1. The van der Waals surface area contributed by atoms with Gasteiger partial charge in [-0.2, -0.15) is 0 Å². The van der Waals surface area contributed by atoms with E-state index >= 15 is 0 Å². The van der Waals surface area contributed by atoms with Crippen molar-refractivity contribution >= 4 is 23.4 Å². The van der Waals surface area contributed by atoms with Gasteiger partial charge < -0.3 is 30.1 Å². The van der Waals surface area contributed by atoms with Crippen molar-refractivity contribution in [3.8, 4) is 5.75 Å². The molecule has 5 atom stereocenters. The predicted octanol–water partition coefficient (Wildman–Crippen LogP) is 2.09. The number of rotatable bonds is 11. The van der Waals surface area contributed by atoms with Gasteiger partial charge in [0.25, 0.3) is 0 Å². The van der Waals surface area contributed by atoms with E-state index in [0.29, 0.717) is 44.5 Å². The first-order chi connectivity index (χ1) is 16.8. The van der Waals surface area contributed by atoms with Crippen molar-refractivity contribution in [2.45, 2.75) is 76.7 Å². The quantitative estimate of drug-likeness (QED) is 0.412. The van der Waals surface area contributed by atoms with E-state index in [9.17, 15) is 14.4 Å². The van der Waals surface area contributed by atoms with E-state index in [1.165, 1.54) is 0 Å². The maximum absolute atomic E-state index is 13.7. The van der Waals surface area contributed by atoms with Crippen molar-refractivity contribution in [1.82, 2.24) is 10.2 Å². The molecular weight excluding hydrogens is 450 g/mol. The van der Waals surface area contributed by atoms with E-state index < -0.39 is 29.6 Å². The standard InChI is InChI=1S/C26H37N3O6/c1-4-34-18-10-8-17(9-11-18)28-23(31)20-19-12-13-26(35-19)21(20)25(33)29(14-6-5-7-15-30)22(26)24(32)27-16(2)3/h8-11,16,19-22,30H,4-7,12-15H2,1-3H3,(H,27,32)(H,28,31)/t19-,20+,21-,22?,26?/m0/s1. The third kappa shape index (κ3) is 4.76. The van der Waals surface area contributed by atoms with Crippen LogP contribution in [0.3, 0.4) is 0 Å². The van der Waals surface area contributed by atoms with Crippen LogP contribution in [-0.4, -0.2) is 71.3 Å². The van der Waals surface area contributed by atoms with E-state index in [1.54, 1.807) is 29.2 Å². The molecule has 3 N–H and O–H groups in total. The second-order valence-corrected chi connectivity index (χ2v) is 9.98. The fraction of sp³-hybridized carbons (Fsp3) is 0.654. The Bertz CT molecular complexity index is 936. The highest BCUT2D eigenvalue weighted by Crippen LogP contribution is 2.58. The predicted molar refractivity (Wildman–Crippen MR) is 130 cm³/mol. The Morgan fingerprint density at radius 3 is 2.60 bits per heavy atom. The van der Waals surface area contributed by atoms with Crippen LogP contribution in [0.25, 0.3) is 0 Å². The molecule has 192 valence electrons. The highest BCUT2D eigenvalue weighted by molar-refractivity contribution is 6.02. The topological polar surface area (TPSA) is 117 Å². The molecular formula is C26H37N3O6. The number of unbranched alkanes of at least 4 members (excludes halogenated alkanes) is 2. The van der Waals surface area contributed by atoms with Gasteiger partial charge in [0.1, 0.15) is 17.4 Å². The van der Waals surface area contributed by atoms with Crippen molar-refractivity contribution in [2.24, 2.45) is 11.8 Å². The summed E-state index contributed by atoms with van der Waals surface area (Å²) < 4.78 is 11.9. The monoisotopic (exact) mass is 487 g/mol. The normalized spacial score (nSPS) is 28.9. The largest absolute Gasteiger partial charge is 0.494 e. The van der Waals surface area contributed by atoms with Crippen LogP contribution in [0.5, 0.6) is 5.75 Å². The highest BCUT2D eigenvalue weighted by Gasteiger charge is 2.74. The lowest BCUT2D eigenvalue weighted by molar-refractivity contribution is -0.141. The number of aliphatic hydroxyl groups is 1. The van der Waals surface area contributed by atoms with Gasteiger partial charge in [0, 0.05) is 24.9 Å². The fourth-order valence-corrected chi connectivity index (χ4v) is 5.96. The molecule has 9 nitrogen and oxygen atoms in total. The zero-order valence-corrected chi connectivity index (χ0v) is 20.8. The van der Waals surface area contributed by atoms with E-state index in [4.69, 9.17) is 14.6 Å². The summed E-state index contributed by atoms with van der Waals surface area (Å²) in [4.78, 5) is 42.1. The lowest BCUT2D eigenvalue weighted by Crippen LogP contribution is -2.56. The van der Waals surface area contributed by atoms with Gasteiger partial charge >= 0.3 is 0 Å². The number of anilines is 1. The maximum Gasteiger partial charge on any atom is 0.246 e. The van der Waals surface area contributed by atoms with E-state index in [2.05, 4.69) is 10.6 Å². The second-order valence-electron chi connectivity index (χ2n) is 9.98. The van der Waals surface area contributed by atoms with Crippen LogP contribution in [0.15, 0.2) is 24.3 Å². The van der Waals surface area contributed by atoms with Crippen molar-refractivity contribution in [2.75, 3.05) is 25.1 Å². The molecule has 0 saturated carbocycles. The number of ether oxygens (including phenoxy) is 2. The van der Waals surface area contributed by atoms with Gasteiger partial charge in [-0.05, 0) is 77.1 Å². The van der Waals surface area contributed by atoms with E-state index in [0.717, 1.165) is 12.2 Å². The Hall–Kier alpha value is -2.65. The first kappa shape index (κ1) is 25.4. The molecule has 0 radical (unpaired) electrons. The van der Waals surface area contributed by atoms with Gasteiger partial charge in [-0.3, -0.25) is 14.4 Å². The van der Waals surface area contributed by atoms with Crippen LogP contribution in [0.2, 0.25) is 0 Å². The van der Waals surface area contributed by atoms with Gasteiger partial charge in [0.2, 0.25) is 17.7 Å². The fourth-order valence-electron chi connectivity index (χ4n) is 5.96. The second kappa shape index (κ2) is 10.5. The van der Waals surface area contributed by atoms with Crippen LogP contribution in [0.1, 0.15) is 52.9 Å². The molecule has 35 heavy (non-hydrogen) atoms. The molecule has 2 bridgehead atoms. The number of nitrogens with one attached hydrogen (secondary N) is 2. The summed E-state index contributed by atoms with van der Waals surface area (Å²) in [5, 5.41) is 15.0. The number of hydrogen-bond donors (Lipinski definition) is 3. The number of benzene rings is 1. The Kier molecular flexibility index (Phi) is 7.66. The van der Waals surface area contributed by atoms with Crippen LogP contribution < -0.4 is 15.4 Å². The summed E-state index contributed by atoms with van der Waals surface area (Å²) in [6.07, 6.45) is 2.89. The first-order valence-corrected chi connectivity index (χ1v) is 12.8.